The Kier molecular flexibility index (Phi) is 4.03. The van der Waals surface area contributed by atoms with Gasteiger partial charge in [0.25, 0.3) is 0 Å². The molecule has 124 valence electrons. The Morgan fingerprint density at radius 1 is 1.16 bits per heavy atom. The highest BCUT2D eigenvalue weighted by molar-refractivity contribution is 7.14. The molecule has 25 heavy (non-hydrogen) atoms. The molecular formula is C19H13ClN2O2S. The fourth-order valence-electron chi connectivity index (χ4n) is 2.49. The van der Waals surface area contributed by atoms with Gasteiger partial charge in [0.15, 0.2) is 5.13 Å². The highest BCUT2D eigenvalue weighted by Gasteiger charge is 2.12. The van der Waals surface area contributed by atoms with Gasteiger partial charge in [-0.15, -0.1) is 11.3 Å². The Hall–Kier alpha value is -2.63. The molecule has 0 saturated carbocycles. The molecule has 6 heteroatoms. The van der Waals surface area contributed by atoms with E-state index in [0.717, 1.165) is 16.6 Å². The average Bonchev–Trinajstić information content (AvgIpc) is 3.06. The minimum Gasteiger partial charge on any atom is -0.422 e. The Balaban J connectivity index is 1.68. The van der Waals surface area contributed by atoms with Crippen LogP contribution >= 0.6 is 22.9 Å². The van der Waals surface area contributed by atoms with Crippen LogP contribution in [0, 0.1) is 6.92 Å². The second kappa shape index (κ2) is 6.35. The van der Waals surface area contributed by atoms with Crippen molar-refractivity contribution in [3.8, 4) is 11.3 Å². The maximum absolute atomic E-state index is 12.2. The summed E-state index contributed by atoms with van der Waals surface area (Å²) in [6, 6.07) is 15.0. The van der Waals surface area contributed by atoms with E-state index >= 15 is 0 Å². The van der Waals surface area contributed by atoms with Gasteiger partial charge >= 0.3 is 5.63 Å². The second-order valence-corrected chi connectivity index (χ2v) is 6.88. The first-order valence-corrected chi connectivity index (χ1v) is 8.88. The van der Waals surface area contributed by atoms with Crippen molar-refractivity contribution in [2.75, 3.05) is 5.32 Å². The largest absolute Gasteiger partial charge is 0.422 e. The fourth-order valence-corrected chi connectivity index (χ4v) is 3.40. The van der Waals surface area contributed by atoms with E-state index in [1.165, 1.54) is 11.3 Å². The first-order chi connectivity index (χ1) is 12.1. The topological polar surface area (TPSA) is 55.1 Å². The summed E-state index contributed by atoms with van der Waals surface area (Å²) in [5.74, 6) is 0. The molecule has 0 amide bonds. The molecule has 0 radical (unpaired) electrons. The number of nitrogens with zero attached hydrogens (tertiary/aromatic N) is 1. The molecule has 0 atom stereocenters. The lowest BCUT2D eigenvalue weighted by atomic mass is 10.1. The van der Waals surface area contributed by atoms with E-state index in [2.05, 4.69) is 10.3 Å². The summed E-state index contributed by atoms with van der Waals surface area (Å²) in [6.07, 6.45) is 0. The highest BCUT2D eigenvalue weighted by Crippen LogP contribution is 2.28. The maximum atomic E-state index is 12.2. The van der Waals surface area contributed by atoms with Gasteiger partial charge in [0, 0.05) is 21.5 Å². The molecule has 4 nitrogen and oxygen atoms in total. The Labute approximate surface area is 152 Å². The third-order valence-corrected chi connectivity index (χ3v) is 5.01. The summed E-state index contributed by atoms with van der Waals surface area (Å²) >= 11 is 7.56. The van der Waals surface area contributed by atoms with Crippen LogP contribution in [0.25, 0.3) is 22.2 Å². The molecule has 0 bridgehead atoms. The quantitative estimate of drug-likeness (QED) is 0.477. The van der Waals surface area contributed by atoms with Crippen molar-refractivity contribution >= 4 is 44.7 Å². The molecule has 0 unspecified atom stereocenters. The number of aromatic nitrogens is 1. The van der Waals surface area contributed by atoms with Crippen molar-refractivity contribution in [1.82, 2.24) is 4.98 Å². The van der Waals surface area contributed by atoms with Gasteiger partial charge in [-0.05, 0) is 36.8 Å². The van der Waals surface area contributed by atoms with Crippen LogP contribution in [-0.2, 0) is 0 Å². The number of benzene rings is 2. The summed E-state index contributed by atoms with van der Waals surface area (Å²) in [6.45, 7) is 1.95. The first-order valence-electron chi connectivity index (χ1n) is 7.62. The van der Waals surface area contributed by atoms with E-state index in [-0.39, 0.29) is 0 Å². The van der Waals surface area contributed by atoms with Gasteiger partial charge in [0.2, 0.25) is 0 Å². The molecule has 0 saturated heterocycles. The minimum atomic E-state index is -0.395. The number of nitrogens with one attached hydrogen (secondary N) is 1. The number of hydrogen-bond donors (Lipinski definition) is 1. The lowest BCUT2D eigenvalue weighted by molar-refractivity contribution is 0.563. The smallest absolute Gasteiger partial charge is 0.345 e. The van der Waals surface area contributed by atoms with Crippen LogP contribution in [0.4, 0.5) is 10.8 Å². The number of fused-ring (bicyclic) bond motifs is 1. The second-order valence-electron chi connectivity index (χ2n) is 5.61. The third-order valence-electron chi connectivity index (χ3n) is 3.84. The van der Waals surface area contributed by atoms with E-state index in [0.29, 0.717) is 27.0 Å². The average molecular weight is 369 g/mol. The zero-order valence-corrected chi connectivity index (χ0v) is 14.8. The van der Waals surface area contributed by atoms with E-state index in [4.69, 9.17) is 16.0 Å². The fraction of sp³-hybridized carbons (Fsp3) is 0.0526. The van der Waals surface area contributed by atoms with Crippen molar-refractivity contribution in [2.24, 2.45) is 0 Å². The van der Waals surface area contributed by atoms with E-state index in [9.17, 15) is 4.79 Å². The highest BCUT2D eigenvalue weighted by atomic mass is 35.5. The Bertz CT molecular complexity index is 1130. The number of thiazole rings is 1. The maximum Gasteiger partial charge on any atom is 0.345 e. The van der Waals surface area contributed by atoms with Crippen LogP contribution in [0.1, 0.15) is 5.56 Å². The molecule has 4 aromatic rings. The number of rotatable bonds is 3. The third kappa shape index (κ3) is 3.16. The summed E-state index contributed by atoms with van der Waals surface area (Å²) < 4.78 is 5.37. The van der Waals surface area contributed by atoms with Gasteiger partial charge in [-0.1, -0.05) is 35.9 Å². The van der Waals surface area contributed by atoms with Crippen molar-refractivity contribution in [2.45, 2.75) is 6.92 Å². The molecular weight excluding hydrogens is 356 g/mol. The SMILES string of the molecule is Cc1ccc(Nc2nc(-c3cc4ccccc4oc3=O)cs2)cc1Cl. The molecule has 0 aliphatic heterocycles. The van der Waals surface area contributed by atoms with Crippen molar-refractivity contribution in [3.63, 3.8) is 0 Å². The zero-order chi connectivity index (χ0) is 17.4. The molecule has 0 fully saturated rings. The molecule has 0 aliphatic rings. The van der Waals surface area contributed by atoms with E-state index < -0.39 is 5.63 Å². The molecule has 2 aromatic heterocycles. The summed E-state index contributed by atoms with van der Waals surface area (Å²) in [5.41, 5.74) is 3.08. The van der Waals surface area contributed by atoms with E-state index in [1.54, 1.807) is 6.07 Å². The predicted octanol–water partition coefficient (Wildman–Crippen LogP) is 5.62. The van der Waals surface area contributed by atoms with E-state index in [1.807, 2.05) is 54.8 Å². The lowest BCUT2D eigenvalue weighted by Gasteiger charge is -2.04. The lowest BCUT2D eigenvalue weighted by Crippen LogP contribution is -2.02. The van der Waals surface area contributed by atoms with Crippen LogP contribution in [0.5, 0.6) is 0 Å². The predicted molar refractivity (Wildman–Crippen MR) is 103 cm³/mol. The van der Waals surface area contributed by atoms with Crippen molar-refractivity contribution in [3.05, 3.63) is 74.9 Å². The molecule has 2 aromatic carbocycles. The normalized spacial score (nSPS) is 11.0. The number of aryl methyl sites for hydroxylation is 1. The van der Waals surface area contributed by atoms with Crippen molar-refractivity contribution in [1.29, 1.82) is 0 Å². The Morgan fingerprint density at radius 2 is 2.00 bits per heavy atom. The number of para-hydroxylation sites is 1. The minimum absolute atomic E-state index is 0.395. The molecule has 0 aliphatic carbocycles. The monoisotopic (exact) mass is 368 g/mol. The summed E-state index contributed by atoms with van der Waals surface area (Å²) in [5, 5.41) is 7.28. The molecule has 0 spiro atoms. The van der Waals surface area contributed by atoms with Crippen LogP contribution in [0.2, 0.25) is 5.02 Å². The van der Waals surface area contributed by atoms with Gasteiger partial charge in [-0.2, -0.15) is 0 Å². The van der Waals surface area contributed by atoms with Crippen LogP contribution in [-0.4, -0.2) is 4.98 Å². The number of anilines is 2. The van der Waals surface area contributed by atoms with Crippen molar-refractivity contribution < 1.29 is 4.42 Å². The van der Waals surface area contributed by atoms with Gasteiger partial charge in [-0.25, -0.2) is 9.78 Å². The van der Waals surface area contributed by atoms with Gasteiger partial charge < -0.3 is 9.73 Å². The number of hydrogen-bond acceptors (Lipinski definition) is 5. The standard InChI is InChI=1S/C19H13ClN2O2S/c1-11-6-7-13(9-15(11)20)21-19-22-16(10-25-19)14-8-12-4-2-3-5-17(12)24-18(14)23/h2-10H,1H3,(H,21,22). The summed E-state index contributed by atoms with van der Waals surface area (Å²) in [4.78, 5) is 16.7. The van der Waals surface area contributed by atoms with Crippen LogP contribution < -0.4 is 10.9 Å². The van der Waals surface area contributed by atoms with Gasteiger partial charge in [-0.3, -0.25) is 0 Å². The first kappa shape index (κ1) is 15.9. The number of halogens is 1. The molecule has 2 heterocycles. The van der Waals surface area contributed by atoms with Gasteiger partial charge in [0.05, 0.1) is 11.3 Å². The molecule has 1 N–H and O–H groups in total. The molecule has 4 rings (SSSR count). The summed E-state index contributed by atoms with van der Waals surface area (Å²) in [7, 11) is 0. The van der Waals surface area contributed by atoms with Crippen LogP contribution in [0.15, 0.2) is 63.1 Å². The van der Waals surface area contributed by atoms with Gasteiger partial charge in [0.1, 0.15) is 5.58 Å². The zero-order valence-electron chi connectivity index (χ0n) is 13.2. The Morgan fingerprint density at radius 3 is 2.84 bits per heavy atom. The van der Waals surface area contributed by atoms with Crippen LogP contribution in [0.3, 0.4) is 0 Å².